The average molecular weight is 302 g/mol. The Kier molecular flexibility index (Phi) is 4.58. The summed E-state index contributed by atoms with van der Waals surface area (Å²) in [5.74, 6) is 0. The van der Waals surface area contributed by atoms with Gasteiger partial charge >= 0.3 is 0 Å². The molecule has 2 aliphatic heterocycles. The summed E-state index contributed by atoms with van der Waals surface area (Å²) in [6, 6.07) is 10.8. The van der Waals surface area contributed by atoms with Gasteiger partial charge in [-0.3, -0.25) is 9.80 Å². The van der Waals surface area contributed by atoms with Crippen LogP contribution in [0.1, 0.15) is 39.2 Å². The molecule has 0 aromatic heterocycles. The first kappa shape index (κ1) is 16.0. The zero-order chi connectivity index (χ0) is 15.6. The van der Waals surface area contributed by atoms with Crippen LogP contribution in [0.25, 0.3) is 0 Å². The number of hydrogen-bond acceptors (Lipinski definition) is 3. The van der Waals surface area contributed by atoms with Gasteiger partial charge in [-0.05, 0) is 39.2 Å². The fraction of sp³-hybridized carbons (Fsp3) is 0.684. The summed E-state index contributed by atoms with van der Waals surface area (Å²) in [5.41, 5.74) is 1.75. The van der Waals surface area contributed by atoms with Gasteiger partial charge in [0, 0.05) is 44.9 Å². The lowest BCUT2D eigenvalue weighted by atomic mass is 9.81. The molecule has 0 amide bonds. The lowest BCUT2D eigenvalue weighted by molar-refractivity contribution is -0.121. The molecule has 2 fully saturated rings. The lowest BCUT2D eigenvalue weighted by Crippen LogP contribution is -2.60. The largest absolute Gasteiger partial charge is 0.375 e. The maximum absolute atomic E-state index is 5.91. The first-order valence-electron chi connectivity index (χ1n) is 8.62. The van der Waals surface area contributed by atoms with Crippen molar-refractivity contribution in [2.75, 3.05) is 32.8 Å². The zero-order valence-electron chi connectivity index (χ0n) is 14.3. The first-order chi connectivity index (χ1) is 10.5. The Morgan fingerprint density at radius 1 is 1.00 bits per heavy atom. The molecule has 0 N–H and O–H groups in total. The SMILES string of the molecule is CC1(C)CC(C)(N2CCN(Cc3ccccc3)CC2)CCO1. The fourth-order valence-electron chi connectivity index (χ4n) is 4.16. The Bertz CT molecular complexity index is 479. The van der Waals surface area contributed by atoms with E-state index >= 15 is 0 Å². The van der Waals surface area contributed by atoms with Gasteiger partial charge in [0.15, 0.2) is 0 Å². The molecule has 3 heteroatoms. The maximum atomic E-state index is 5.91. The van der Waals surface area contributed by atoms with E-state index in [2.05, 4.69) is 60.9 Å². The molecule has 1 atom stereocenters. The van der Waals surface area contributed by atoms with Crippen molar-refractivity contribution in [2.24, 2.45) is 0 Å². The molecule has 0 saturated carbocycles. The number of ether oxygens (including phenoxy) is 1. The van der Waals surface area contributed by atoms with Gasteiger partial charge in [-0.15, -0.1) is 0 Å². The highest BCUT2D eigenvalue weighted by molar-refractivity contribution is 5.14. The second-order valence-corrected chi connectivity index (χ2v) is 7.78. The van der Waals surface area contributed by atoms with Gasteiger partial charge in [0.05, 0.1) is 5.60 Å². The Balaban J connectivity index is 1.55. The van der Waals surface area contributed by atoms with Gasteiger partial charge in [-0.1, -0.05) is 30.3 Å². The number of nitrogens with zero attached hydrogens (tertiary/aromatic N) is 2. The minimum absolute atomic E-state index is 0.0220. The van der Waals surface area contributed by atoms with Gasteiger partial charge in [-0.25, -0.2) is 0 Å². The summed E-state index contributed by atoms with van der Waals surface area (Å²) in [7, 11) is 0. The van der Waals surface area contributed by atoms with Gasteiger partial charge in [0.25, 0.3) is 0 Å². The molecular weight excluding hydrogens is 272 g/mol. The molecule has 1 aromatic rings. The Morgan fingerprint density at radius 2 is 1.68 bits per heavy atom. The molecule has 0 bridgehead atoms. The quantitative estimate of drug-likeness (QED) is 0.853. The van der Waals surface area contributed by atoms with Crippen LogP contribution in [-0.4, -0.2) is 53.7 Å². The molecule has 22 heavy (non-hydrogen) atoms. The van der Waals surface area contributed by atoms with Crippen LogP contribution in [0.5, 0.6) is 0 Å². The molecule has 0 radical (unpaired) electrons. The van der Waals surface area contributed by atoms with Gasteiger partial charge in [0.1, 0.15) is 0 Å². The molecule has 122 valence electrons. The third-order valence-corrected chi connectivity index (χ3v) is 5.32. The summed E-state index contributed by atoms with van der Waals surface area (Å²) < 4.78 is 5.91. The molecule has 2 saturated heterocycles. The van der Waals surface area contributed by atoms with E-state index in [1.807, 2.05) is 0 Å². The summed E-state index contributed by atoms with van der Waals surface area (Å²) in [4.78, 5) is 5.29. The lowest BCUT2D eigenvalue weighted by Gasteiger charge is -2.51. The molecule has 0 spiro atoms. The maximum Gasteiger partial charge on any atom is 0.0644 e. The molecule has 3 nitrogen and oxygen atoms in total. The summed E-state index contributed by atoms with van der Waals surface area (Å²) in [6.07, 6.45) is 2.30. The van der Waals surface area contributed by atoms with Crippen molar-refractivity contribution in [3.05, 3.63) is 35.9 Å². The molecule has 3 rings (SSSR count). The third-order valence-electron chi connectivity index (χ3n) is 5.32. The predicted molar refractivity (Wildman–Crippen MR) is 91.0 cm³/mol. The summed E-state index contributed by atoms with van der Waals surface area (Å²) in [6.45, 7) is 13.6. The first-order valence-corrected chi connectivity index (χ1v) is 8.62. The van der Waals surface area contributed by atoms with E-state index in [4.69, 9.17) is 4.74 Å². The topological polar surface area (TPSA) is 15.7 Å². The van der Waals surface area contributed by atoms with E-state index in [-0.39, 0.29) is 5.60 Å². The van der Waals surface area contributed by atoms with Crippen LogP contribution in [0.4, 0.5) is 0 Å². The second-order valence-electron chi connectivity index (χ2n) is 7.78. The average Bonchev–Trinajstić information content (AvgIpc) is 2.47. The fourth-order valence-corrected chi connectivity index (χ4v) is 4.16. The van der Waals surface area contributed by atoms with E-state index in [0.717, 1.165) is 26.0 Å². The van der Waals surface area contributed by atoms with E-state index in [9.17, 15) is 0 Å². The van der Waals surface area contributed by atoms with Crippen LogP contribution in [0.15, 0.2) is 30.3 Å². The van der Waals surface area contributed by atoms with Crippen molar-refractivity contribution in [2.45, 2.75) is 51.3 Å². The highest BCUT2D eigenvalue weighted by Gasteiger charge is 2.42. The Hall–Kier alpha value is -0.900. The van der Waals surface area contributed by atoms with Crippen molar-refractivity contribution in [3.8, 4) is 0 Å². The van der Waals surface area contributed by atoms with Gasteiger partial charge < -0.3 is 4.74 Å². The van der Waals surface area contributed by atoms with Crippen molar-refractivity contribution in [1.29, 1.82) is 0 Å². The number of hydrogen-bond donors (Lipinski definition) is 0. The van der Waals surface area contributed by atoms with E-state index in [1.54, 1.807) is 0 Å². The van der Waals surface area contributed by atoms with Gasteiger partial charge in [-0.2, -0.15) is 0 Å². The zero-order valence-corrected chi connectivity index (χ0v) is 14.3. The smallest absolute Gasteiger partial charge is 0.0644 e. The highest BCUT2D eigenvalue weighted by atomic mass is 16.5. The molecular formula is C19H30N2O. The van der Waals surface area contributed by atoms with Crippen molar-refractivity contribution >= 4 is 0 Å². The van der Waals surface area contributed by atoms with Crippen molar-refractivity contribution in [1.82, 2.24) is 9.80 Å². The molecule has 0 aliphatic carbocycles. The minimum atomic E-state index is 0.0220. The molecule has 1 aromatic carbocycles. The third kappa shape index (κ3) is 3.70. The molecule has 1 unspecified atom stereocenters. The van der Waals surface area contributed by atoms with Crippen LogP contribution < -0.4 is 0 Å². The van der Waals surface area contributed by atoms with E-state index in [0.29, 0.717) is 5.54 Å². The normalized spacial score (nSPS) is 30.3. The number of benzene rings is 1. The van der Waals surface area contributed by atoms with Crippen LogP contribution in [-0.2, 0) is 11.3 Å². The number of rotatable bonds is 3. The van der Waals surface area contributed by atoms with Crippen molar-refractivity contribution < 1.29 is 4.74 Å². The van der Waals surface area contributed by atoms with Crippen LogP contribution in [0, 0.1) is 0 Å². The van der Waals surface area contributed by atoms with E-state index < -0.39 is 0 Å². The van der Waals surface area contributed by atoms with Crippen LogP contribution in [0.3, 0.4) is 0 Å². The monoisotopic (exact) mass is 302 g/mol. The molecule has 2 aliphatic rings. The predicted octanol–water partition coefficient (Wildman–Crippen LogP) is 3.15. The highest BCUT2D eigenvalue weighted by Crippen LogP contribution is 2.36. The Labute approximate surface area is 135 Å². The Morgan fingerprint density at radius 3 is 2.32 bits per heavy atom. The molecule has 2 heterocycles. The minimum Gasteiger partial charge on any atom is -0.375 e. The van der Waals surface area contributed by atoms with Crippen LogP contribution >= 0.6 is 0 Å². The van der Waals surface area contributed by atoms with Crippen LogP contribution in [0.2, 0.25) is 0 Å². The second kappa shape index (κ2) is 6.31. The van der Waals surface area contributed by atoms with E-state index in [1.165, 1.54) is 31.7 Å². The summed E-state index contributed by atoms with van der Waals surface area (Å²) >= 11 is 0. The summed E-state index contributed by atoms with van der Waals surface area (Å²) in [5, 5.41) is 0. The number of piperazine rings is 1. The standard InChI is InChI=1S/C19H30N2O/c1-18(2)16-19(3,9-14-22-18)21-12-10-20(11-13-21)15-17-7-5-4-6-8-17/h4-8H,9-16H2,1-3H3. The van der Waals surface area contributed by atoms with Crippen molar-refractivity contribution in [3.63, 3.8) is 0 Å². The van der Waals surface area contributed by atoms with Gasteiger partial charge in [0.2, 0.25) is 0 Å².